The minimum atomic E-state index is -2.41. The molecule has 0 aromatic heterocycles. The molecule has 0 amide bonds. The molecule has 0 heterocycles. The molecule has 0 nitrogen and oxygen atoms in total. The monoisotopic (exact) mass is 430 g/mol. The summed E-state index contributed by atoms with van der Waals surface area (Å²) >= 11 is 0. The van der Waals surface area contributed by atoms with Crippen LogP contribution in [0.2, 0.25) is 0 Å². The molecule has 25 heavy (non-hydrogen) atoms. The number of hydrogen-bond donors (Lipinski definition) is 0. The smallest absolute Gasteiger partial charge is 0.200 e. The molecule has 0 bridgehead atoms. The van der Waals surface area contributed by atoms with E-state index < -0.39 is 68.0 Å². The van der Waals surface area contributed by atoms with E-state index in [2.05, 4.69) is 0 Å². The van der Waals surface area contributed by atoms with Gasteiger partial charge in [-0.2, -0.15) is 0 Å². The molecule has 2 aromatic carbocycles. The van der Waals surface area contributed by atoms with Gasteiger partial charge in [0.1, 0.15) is 0 Å². The standard InChI is InChI=1S/C12F10S3/c13-1-3(15)7(19)11(8(20)4(1)16)23-25-24-12-9(21)5(17)2(14)6(18)10(12)22. The third-order valence-corrected chi connectivity index (χ3v) is 6.39. The van der Waals surface area contributed by atoms with Gasteiger partial charge in [-0.25, -0.2) is 43.9 Å². The van der Waals surface area contributed by atoms with Gasteiger partial charge in [-0.15, -0.1) is 0 Å². The van der Waals surface area contributed by atoms with Gasteiger partial charge in [-0.05, 0) is 31.4 Å². The zero-order valence-corrected chi connectivity index (χ0v) is 13.5. The minimum absolute atomic E-state index is 0.0244. The predicted molar refractivity (Wildman–Crippen MR) is 71.8 cm³/mol. The summed E-state index contributed by atoms with van der Waals surface area (Å²) in [6, 6.07) is 0. The second kappa shape index (κ2) is 7.58. The molecule has 2 aromatic rings. The molecule has 0 saturated heterocycles. The van der Waals surface area contributed by atoms with Gasteiger partial charge >= 0.3 is 0 Å². The Labute approximate surface area is 143 Å². The SMILES string of the molecule is Fc1c(F)c(F)c(SSSc2c(F)c(F)c(F)c(F)c2F)c(F)c1F. The largest absolute Gasteiger partial charge is 0.202 e. The van der Waals surface area contributed by atoms with E-state index in [0.29, 0.717) is 0 Å². The highest BCUT2D eigenvalue weighted by Gasteiger charge is 2.28. The lowest BCUT2D eigenvalue weighted by molar-refractivity contribution is 0.361. The first-order valence-electron chi connectivity index (χ1n) is 5.63. The van der Waals surface area contributed by atoms with Crippen molar-refractivity contribution in [2.45, 2.75) is 9.79 Å². The Morgan fingerprint density at radius 2 is 0.520 bits per heavy atom. The van der Waals surface area contributed by atoms with Crippen LogP contribution >= 0.6 is 31.4 Å². The fourth-order valence-electron chi connectivity index (χ4n) is 1.40. The van der Waals surface area contributed by atoms with Gasteiger partial charge in [0.2, 0.25) is 11.6 Å². The van der Waals surface area contributed by atoms with Gasteiger partial charge in [0.05, 0.1) is 9.79 Å². The lowest BCUT2D eigenvalue weighted by atomic mass is 10.3. The number of benzene rings is 2. The highest BCUT2D eigenvalue weighted by Crippen LogP contribution is 2.48. The van der Waals surface area contributed by atoms with Crippen molar-refractivity contribution in [3.63, 3.8) is 0 Å². The Morgan fingerprint density at radius 1 is 0.320 bits per heavy atom. The fraction of sp³-hybridized carbons (Fsp3) is 0. The Bertz CT molecular complexity index is 727. The van der Waals surface area contributed by atoms with Gasteiger partial charge in [0, 0.05) is 0 Å². The molecule has 0 saturated carbocycles. The Hall–Kier alpha value is -1.21. The third-order valence-electron chi connectivity index (χ3n) is 2.57. The van der Waals surface area contributed by atoms with Crippen molar-refractivity contribution in [3.05, 3.63) is 58.2 Å². The van der Waals surface area contributed by atoms with Crippen LogP contribution in [0.15, 0.2) is 9.79 Å². The zero-order chi connectivity index (χ0) is 19.0. The molecule has 2 rings (SSSR count). The third kappa shape index (κ3) is 3.53. The summed E-state index contributed by atoms with van der Waals surface area (Å²) < 4.78 is 131. The van der Waals surface area contributed by atoms with E-state index in [9.17, 15) is 43.9 Å². The van der Waals surface area contributed by atoms with Crippen LogP contribution in [0.3, 0.4) is 0 Å². The number of hydrogen-bond acceptors (Lipinski definition) is 3. The van der Waals surface area contributed by atoms with Crippen molar-refractivity contribution in [2.24, 2.45) is 0 Å². The van der Waals surface area contributed by atoms with Crippen molar-refractivity contribution in [1.82, 2.24) is 0 Å². The van der Waals surface area contributed by atoms with Crippen molar-refractivity contribution in [2.75, 3.05) is 0 Å². The molecule has 0 aliphatic carbocycles. The average molecular weight is 430 g/mol. The molecule has 0 fully saturated rings. The van der Waals surface area contributed by atoms with Gasteiger partial charge in [-0.3, -0.25) is 0 Å². The van der Waals surface area contributed by atoms with Crippen LogP contribution < -0.4 is 0 Å². The Morgan fingerprint density at radius 3 is 0.760 bits per heavy atom. The molecule has 136 valence electrons. The second-order valence-corrected chi connectivity index (χ2v) is 7.95. The van der Waals surface area contributed by atoms with Crippen LogP contribution in [-0.4, -0.2) is 0 Å². The van der Waals surface area contributed by atoms with Crippen molar-refractivity contribution in [1.29, 1.82) is 0 Å². The first-order valence-corrected chi connectivity index (χ1v) is 9.11. The second-order valence-electron chi connectivity index (χ2n) is 4.03. The summed E-state index contributed by atoms with van der Waals surface area (Å²) in [5.74, 6) is -22.6. The van der Waals surface area contributed by atoms with E-state index in [1.165, 1.54) is 0 Å². The highest BCUT2D eigenvalue weighted by atomic mass is 33.5. The molecule has 0 aliphatic rings. The van der Waals surface area contributed by atoms with E-state index in [1.54, 1.807) is 0 Å². The number of halogens is 10. The predicted octanol–water partition coefficient (Wildman–Crippen LogP) is 6.53. The Kier molecular flexibility index (Phi) is 6.09. The quantitative estimate of drug-likeness (QED) is 0.235. The normalized spacial score (nSPS) is 11.3. The van der Waals surface area contributed by atoms with E-state index in [4.69, 9.17) is 0 Å². The number of rotatable bonds is 4. The zero-order valence-electron chi connectivity index (χ0n) is 11.0. The van der Waals surface area contributed by atoms with Crippen molar-refractivity contribution >= 4 is 31.4 Å². The van der Waals surface area contributed by atoms with E-state index >= 15 is 0 Å². The maximum absolute atomic E-state index is 13.4. The topological polar surface area (TPSA) is 0 Å². The molecule has 0 atom stereocenters. The maximum Gasteiger partial charge on any atom is 0.200 e. The van der Waals surface area contributed by atoms with Crippen LogP contribution in [0.4, 0.5) is 43.9 Å². The lowest BCUT2D eigenvalue weighted by Gasteiger charge is -2.08. The highest BCUT2D eigenvalue weighted by molar-refractivity contribution is 9.09. The molecular weight excluding hydrogens is 430 g/mol. The van der Waals surface area contributed by atoms with Crippen LogP contribution in [0, 0.1) is 58.2 Å². The van der Waals surface area contributed by atoms with E-state index in [1.807, 2.05) is 0 Å². The first kappa shape index (κ1) is 20.1. The maximum atomic E-state index is 13.4. The molecular formula is C12F10S3. The van der Waals surface area contributed by atoms with Crippen molar-refractivity contribution in [3.8, 4) is 0 Å². The summed E-state index contributed by atoms with van der Waals surface area (Å²) in [7, 11) is -0.276. The van der Waals surface area contributed by atoms with Gasteiger partial charge in [0.25, 0.3) is 0 Å². The van der Waals surface area contributed by atoms with Crippen LogP contribution in [0.5, 0.6) is 0 Å². The summed E-state index contributed by atoms with van der Waals surface area (Å²) in [5.41, 5.74) is 0. The summed E-state index contributed by atoms with van der Waals surface area (Å²) in [6.07, 6.45) is 0. The van der Waals surface area contributed by atoms with Gasteiger partial charge in [0.15, 0.2) is 46.5 Å². The van der Waals surface area contributed by atoms with Crippen LogP contribution in [-0.2, 0) is 0 Å². The van der Waals surface area contributed by atoms with Crippen LogP contribution in [0.25, 0.3) is 0 Å². The fourth-order valence-corrected chi connectivity index (χ4v) is 5.14. The first-order chi connectivity index (χ1) is 11.6. The van der Waals surface area contributed by atoms with E-state index in [-0.39, 0.29) is 31.4 Å². The van der Waals surface area contributed by atoms with Gasteiger partial charge in [-0.1, -0.05) is 0 Å². The summed E-state index contributed by atoms with van der Waals surface area (Å²) in [6.45, 7) is 0. The Balaban J connectivity index is 2.29. The molecule has 0 spiro atoms. The molecule has 13 heteroatoms. The minimum Gasteiger partial charge on any atom is -0.202 e. The lowest BCUT2D eigenvalue weighted by Crippen LogP contribution is -2.03. The summed E-state index contributed by atoms with van der Waals surface area (Å²) in [5, 5.41) is 0. The van der Waals surface area contributed by atoms with Crippen LogP contribution in [0.1, 0.15) is 0 Å². The molecule has 0 radical (unpaired) electrons. The molecule has 0 unspecified atom stereocenters. The van der Waals surface area contributed by atoms with E-state index in [0.717, 1.165) is 0 Å². The molecule has 0 N–H and O–H groups in total. The average Bonchev–Trinajstić information content (AvgIpc) is 2.60. The van der Waals surface area contributed by atoms with Gasteiger partial charge < -0.3 is 0 Å². The molecule has 0 aliphatic heterocycles. The van der Waals surface area contributed by atoms with Crippen molar-refractivity contribution < 1.29 is 43.9 Å². The summed E-state index contributed by atoms with van der Waals surface area (Å²) in [4.78, 5) is -2.78.